The van der Waals surface area contributed by atoms with Gasteiger partial charge in [0, 0.05) is 17.0 Å². The van der Waals surface area contributed by atoms with Gasteiger partial charge in [-0.1, -0.05) is 0 Å². The van der Waals surface area contributed by atoms with Crippen molar-refractivity contribution in [1.29, 1.82) is 0 Å². The molecule has 0 radical (unpaired) electrons. The Bertz CT molecular complexity index is 974. The van der Waals surface area contributed by atoms with E-state index in [1.807, 2.05) is 0 Å². The Labute approximate surface area is 131 Å². The molecule has 2 heterocycles. The summed E-state index contributed by atoms with van der Waals surface area (Å²) in [6.45, 7) is 3.66. The second-order valence-corrected chi connectivity index (χ2v) is 4.98. The first-order chi connectivity index (χ1) is 11.1. The molecule has 0 aliphatic carbocycles. The Balaban J connectivity index is 2.52. The van der Waals surface area contributed by atoms with E-state index in [2.05, 4.69) is 4.98 Å². The number of carbonyl (C=O) groups excluding carboxylic acids is 1. The summed E-state index contributed by atoms with van der Waals surface area (Å²) in [5.74, 6) is 0.0785. The number of hydrogen-bond donors (Lipinski definition) is 0. The van der Waals surface area contributed by atoms with Crippen molar-refractivity contribution >= 4 is 27.7 Å². The molecule has 6 nitrogen and oxygen atoms in total. The second-order valence-electron chi connectivity index (χ2n) is 4.98. The molecule has 0 spiro atoms. The quantitative estimate of drug-likeness (QED) is 0.420. The monoisotopic (exact) mass is 313 g/mol. The van der Waals surface area contributed by atoms with E-state index >= 15 is 0 Å². The molecule has 0 aliphatic rings. The van der Waals surface area contributed by atoms with Gasteiger partial charge in [0.15, 0.2) is 0 Å². The van der Waals surface area contributed by atoms with Crippen LogP contribution in [-0.4, -0.2) is 24.7 Å². The van der Waals surface area contributed by atoms with E-state index in [0.29, 0.717) is 27.8 Å². The fourth-order valence-electron chi connectivity index (χ4n) is 2.57. The molecule has 1 aromatic carbocycles. The molecule has 0 fully saturated rings. The van der Waals surface area contributed by atoms with Gasteiger partial charge in [-0.15, -0.1) is 0 Å². The molecule has 3 rings (SSSR count). The lowest BCUT2D eigenvalue weighted by molar-refractivity contribution is 0.0527. The number of benzene rings is 1. The number of hydrogen-bond acceptors (Lipinski definition) is 6. The minimum atomic E-state index is -0.546. The molecule has 0 aliphatic heterocycles. The summed E-state index contributed by atoms with van der Waals surface area (Å²) < 4.78 is 15.7. The first-order valence-corrected chi connectivity index (χ1v) is 7.14. The van der Waals surface area contributed by atoms with Crippen molar-refractivity contribution < 1.29 is 18.7 Å². The molecule has 0 atom stereocenters. The number of fused-ring (bicyclic) bond motifs is 3. The Morgan fingerprint density at radius 3 is 2.78 bits per heavy atom. The van der Waals surface area contributed by atoms with Crippen LogP contribution in [0.2, 0.25) is 0 Å². The van der Waals surface area contributed by atoms with Crippen LogP contribution in [0.3, 0.4) is 0 Å². The maximum Gasteiger partial charge on any atom is 0.345 e. The minimum Gasteiger partial charge on any atom is -0.497 e. The number of aromatic nitrogens is 1. The predicted octanol–water partition coefficient (Wildman–Crippen LogP) is 2.83. The third-order valence-electron chi connectivity index (χ3n) is 3.63. The third-order valence-corrected chi connectivity index (χ3v) is 3.63. The average molecular weight is 313 g/mol. The highest BCUT2D eigenvalue weighted by Crippen LogP contribution is 2.30. The summed E-state index contributed by atoms with van der Waals surface area (Å²) in [4.78, 5) is 28.7. The number of rotatable bonds is 3. The molecule has 6 heteroatoms. The summed E-state index contributed by atoms with van der Waals surface area (Å²) in [7, 11) is 1.54. The van der Waals surface area contributed by atoms with Crippen LogP contribution in [0.15, 0.2) is 33.6 Å². The van der Waals surface area contributed by atoms with Crippen molar-refractivity contribution in [2.24, 2.45) is 0 Å². The highest BCUT2D eigenvalue weighted by atomic mass is 16.5. The summed E-state index contributed by atoms with van der Waals surface area (Å²) in [6.07, 6.45) is 1.41. The average Bonchev–Trinajstić information content (AvgIpc) is 2.54. The number of ether oxygens (including phenoxy) is 2. The van der Waals surface area contributed by atoms with E-state index in [1.54, 1.807) is 39.2 Å². The van der Waals surface area contributed by atoms with Gasteiger partial charge in [-0.05, 0) is 32.0 Å². The number of carbonyl (C=O) groups is 1. The van der Waals surface area contributed by atoms with Crippen LogP contribution in [0.25, 0.3) is 21.7 Å². The number of esters is 1. The number of pyridine rings is 1. The minimum absolute atomic E-state index is 0.233. The van der Waals surface area contributed by atoms with Gasteiger partial charge in [-0.3, -0.25) is 4.98 Å². The smallest absolute Gasteiger partial charge is 0.345 e. The second kappa shape index (κ2) is 5.72. The maximum absolute atomic E-state index is 12.4. The maximum atomic E-state index is 12.4. The van der Waals surface area contributed by atoms with Crippen molar-refractivity contribution in [1.82, 2.24) is 4.98 Å². The van der Waals surface area contributed by atoms with Crippen LogP contribution in [-0.2, 0) is 4.74 Å². The van der Waals surface area contributed by atoms with E-state index in [0.717, 1.165) is 0 Å². The molecule has 0 saturated carbocycles. The highest BCUT2D eigenvalue weighted by Gasteiger charge is 2.20. The van der Waals surface area contributed by atoms with Crippen molar-refractivity contribution in [3.05, 3.63) is 46.1 Å². The molecule has 0 unspecified atom stereocenters. The molecule has 0 bridgehead atoms. The van der Waals surface area contributed by atoms with Crippen LogP contribution in [0, 0.1) is 6.92 Å². The molecule has 0 saturated heterocycles. The molecule has 0 amide bonds. The first-order valence-electron chi connectivity index (χ1n) is 7.14. The van der Waals surface area contributed by atoms with Gasteiger partial charge in [0.25, 0.3) is 0 Å². The standard InChI is InChI=1S/C17H15NO5/c1-4-22-17(20)14-9(2)18-8-12-15(14)11-7-10(21-3)5-6-13(11)23-16(12)19/h5-8H,4H2,1-3H3. The molecular formula is C17H15NO5. The van der Waals surface area contributed by atoms with Crippen LogP contribution >= 0.6 is 0 Å². The number of aryl methyl sites for hydroxylation is 1. The molecule has 3 aromatic rings. The topological polar surface area (TPSA) is 78.6 Å². The van der Waals surface area contributed by atoms with Crippen molar-refractivity contribution in [3.8, 4) is 5.75 Å². The van der Waals surface area contributed by atoms with E-state index < -0.39 is 11.6 Å². The SMILES string of the molecule is CCOC(=O)c1c(C)ncc2c(=O)oc3ccc(OC)cc3c12. The lowest BCUT2D eigenvalue weighted by atomic mass is 10.0. The zero-order chi connectivity index (χ0) is 16.6. The highest BCUT2D eigenvalue weighted by molar-refractivity contribution is 6.15. The summed E-state index contributed by atoms with van der Waals surface area (Å²) in [5, 5.41) is 1.31. The van der Waals surface area contributed by atoms with Gasteiger partial charge in [-0.2, -0.15) is 0 Å². The summed E-state index contributed by atoms with van der Waals surface area (Å²) >= 11 is 0. The van der Waals surface area contributed by atoms with Crippen molar-refractivity contribution in [3.63, 3.8) is 0 Å². The number of nitrogens with zero attached hydrogens (tertiary/aromatic N) is 1. The third kappa shape index (κ3) is 2.42. The van der Waals surface area contributed by atoms with Gasteiger partial charge in [-0.25, -0.2) is 9.59 Å². The van der Waals surface area contributed by atoms with E-state index in [9.17, 15) is 9.59 Å². The predicted molar refractivity (Wildman–Crippen MR) is 85.0 cm³/mol. The van der Waals surface area contributed by atoms with Gasteiger partial charge >= 0.3 is 11.6 Å². The Morgan fingerprint density at radius 2 is 2.09 bits per heavy atom. The van der Waals surface area contributed by atoms with Crippen LogP contribution in [0.5, 0.6) is 5.75 Å². The fraction of sp³-hybridized carbons (Fsp3) is 0.235. The summed E-state index contributed by atoms with van der Waals surface area (Å²) in [5.41, 5.74) is 0.594. The largest absolute Gasteiger partial charge is 0.497 e. The van der Waals surface area contributed by atoms with Crippen LogP contribution < -0.4 is 10.4 Å². The van der Waals surface area contributed by atoms with Crippen molar-refractivity contribution in [2.45, 2.75) is 13.8 Å². The molecular weight excluding hydrogens is 298 g/mol. The van der Waals surface area contributed by atoms with E-state index in [1.165, 1.54) is 6.20 Å². The van der Waals surface area contributed by atoms with Gasteiger partial charge in [0.1, 0.15) is 11.3 Å². The zero-order valence-corrected chi connectivity index (χ0v) is 13.0. The normalized spacial score (nSPS) is 10.9. The molecule has 23 heavy (non-hydrogen) atoms. The van der Waals surface area contributed by atoms with Crippen LogP contribution in [0.1, 0.15) is 23.0 Å². The number of methoxy groups -OCH3 is 1. The van der Waals surface area contributed by atoms with Gasteiger partial charge < -0.3 is 13.9 Å². The van der Waals surface area contributed by atoms with Crippen LogP contribution in [0.4, 0.5) is 0 Å². The van der Waals surface area contributed by atoms with E-state index in [4.69, 9.17) is 13.9 Å². The zero-order valence-electron chi connectivity index (χ0n) is 13.0. The van der Waals surface area contributed by atoms with Gasteiger partial charge in [0.05, 0.1) is 30.4 Å². The Morgan fingerprint density at radius 1 is 1.30 bits per heavy atom. The molecule has 2 aromatic heterocycles. The first kappa shape index (κ1) is 15.0. The lowest BCUT2D eigenvalue weighted by Crippen LogP contribution is -2.12. The Kier molecular flexibility index (Phi) is 3.73. The van der Waals surface area contributed by atoms with Crippen molar-refractivity contribution in [2.75, 3.05) is 13.7 Å². The summed E-state index contributed by atoms with van der Waals surface area (Å²) in [6, 6.07) is 5.05. The fourth-order valence-corrected chi connectivity index (χ4v) is 2.57. The lowest BCUT2D eigenvalue weighted by Gasteiger charge is -2.11. The molecule has 0 N–H and O–H groups in total. The Hall–Kier alpha value is -2.89. The van der Waals surface area contributed by atoms with Gasteiger partial charge in [0.2, 0.25) is 0 Å². The molecule has 118 valence electrons. The van der Waals surface area contributed by atoms with E-state index in [-0.39, 0.29) is 17.6 Å².